The Balaban J connectivity index is 1.55. The second-order valence-corrected chi connectivity index (χ2v) is 6.61. The van der Waals surface area contributed by atoms with Gasteiger partial charge in [-0.1, -0.05) is 35.5 Å². The van der Waals surface area contributed by atoms with Crippen molar-refractivity contribution in [3.63, 3.8) is 0 Å². The fraction of sp³-hybridized carbons (Fsp3) is 0.176. The first-order valence-corrected chi connectivity index (χ1v) is 8.83. The molecule has 0 fully saturated rings. The van der Waals surface area contributed by atoms with Gasteiger partial charge in [0.2, 0.25) is 0 Å². The summed E-state index contributed by atoms with van der Waals surface area (Å²) in [5.74, 6) is 2.31. The highest BCUT2D eigenvalue weighted by Gasteiger charge is 2.14. The maximum Gasteiger partial charge on any atom is 0.195 e. The number of aromatic nitrogens is 3. The van der Waals surface area contributed by atoms with Crippen LogP contribution in [0.4, 0.5) is 0 Å². The van der Waals surface area contributed by atoms with Gasteiger partial charge < -0.3 is 9.47 Å². The van der Waals surface area contributed by atoms with Gasteiger partial charge in [0.05, 0.1) is 5.69 Å². The van der Waals surface area contributed by atoms with E-state index in [1.165, 1.54) is 5.56 Å². The number of fused-ring (bicyclic) bond motifs is 1. The van der Waals surface area contributed by atoms with Crippen LogP contribution < -0.4 is 9.47 Å². The Morgan fingerprint density at radius 2 is 1.83 bits per heavy atom. The molecule has 0 N–H and O–H groups in total. The summed E-state index contributed by atoms with van der Waals surface area (Å²) in [4.78, 5) is 0. The lowest BCUT2D eigenvalue weighted by molar-refractivity contribution is 0.171. The van der Waals surface area contributed by atoms with Crippen molar-refractivity contribution < 1.29 is 9.47 Å². The van der Waals surface area contributed by atoms with Crippen molar-refractivity contribution >= 4 is 23.4 Å². The van der Waals surface area contributed by atoms with E-state index < -0.39 is 0 Å². The quantitative estimate of drug-likeness (QED) is 0.659. The lowest BCUT2D eigenvalue weighted by Gasteiger charge is -2.19. The Kier molecular flexibility index (Phi) is 4.32. The Morgan fingerprint density at radius 3 is 2.67 bits per heavy atom. The van der Waals surface area contributed by atoms with E-state index in [9.17, 15) is 0 Å². The van der Waals surface area contributed by atoms with E-state index in [2.05, 4.69) is 10.2 Å². The van der Waals surface area contributed by atoms with E-state index in [1.54, 1.807) is 18.1 Å². The number of benzene rings is 2. The van der Waals surface area contributed by atoms with Gasteiger partial charge >= 0.3 is 0 Å². The first-order valence-electron chi connectivity index (χ1n) is 7.47. The maximum atomic E-state index is 5.92. The minimum atomic E-state index is 0.566. The molecule has 0 saturated heterocycles. The van der Waals surface area contributed by atoms with Gasteiger partial charge in [-0.15, -0.1) is 10.2 Å². The number of rotatable bonds is 4. The van der Waals surface area contributed by atoms with Gasteiger partial charge in [0.25, 0.3) is 0 Å². The van der Waals surface area contributed by atoms with Gasteiger partial charge in [0, 0.05) is 16.8 Å². The summed E-state index contributed by atoms with van der Waals surface area (Å²) in [6.45, 7) is 1.15. The van der Waals surface area contributed by atoms with Crippen LogP contribution in [-0.4, -0.2) is 28.0 Å². The van der Waals surface area contributed by atoms with Crippen molar-refractivity contribution in [2.24, 2.45) is 0 Å². The third-order valence-corrected chi connectivity index (χ3v) is 4.87. The highest BCUT2D eigenvalue weighted by molar-refractivity contribution is 7.98. The average molecular weight is 360 g/mol. The zero-order chi connectivity index (χ0) is 16.4. The molecule has 0 unspecified atom stereocenters. The molecular weight excluding hydrogens is 346 g/mol. The summed E-state index contributed by atoms with van der Waals surface area (Å²) in [6.07, 6.45) is 1.70. The highest BCUT2D eigenvalue weighted by Crippen LogP contribution is 2.33. The summed E-state index contributed by atoms with van der Waals surface area (Å²) >= 11 is 7.54. The van der Waals surface area contributed by atoms with Crippen LogP contribution in [0, 0.1) is 0 Å². The Bertz CT molecular complexity index is 851. The second-order valence-electron chi connectivity index (χ2n) is 5.23. The molecule has 2 heterocycles. The SMILES string of the molecule is Clc1ccc(CSc2nncn2-c2ccc3c(c2)OCCO3)cc1. The van der Waals surface area contributed by atoms with Gasteiger partial charge in [-0.3, -0.25) is 4.57 Å². The van der Waals surface area contributed by atoms with Crippen LogP contribution in [0.15, 0.2) is 53.9 Å². The minimum Gasteiger partial charge on any atom is -0.486 e. The van der Waals surface area contributed by atoms with Crippen LogP contribution in [0.1, 0.15) is 5.56 Å². The topological polar surface area (TPSA) is 49.2 Å². The first-order chi connectivity index (χ1) is 11.8. The third kappa shape index (κ3) is 3.20. The Hall–Kier alpha value is -2.18. The maximum absolute atomic E-state index is 5.92. The number of hydrogen-bond donors (Lipinski definition) is 0. The van der Waals surface area contributed by atoms with Crippen molar-refractivity contribution in [1.82, 2.24) is 14.8 Å². The smallest absolute Gasteiger partial charge is 0.195 e. The molecule has 0 spiro atoms. The molecule has 1 aliphatic heterocycles. The van der Waals surface area contributed by atoms with E-state index in [1.807, 2.05) is 47.0 Å². The second kappa shape index (κ2) is 6.75. The molecule has 0 amide bonds. The van der Waals surface area contributed by atoms with Gasteiger partial charge in [-0.05, 0) is 29.8 Å². The lowest BCUT2D eigenvalue weighted by Crippen LogP contribution is -2.15. The standard InChI is InChI=1S/C17H14ClN3O2S/c18-13-3-1-12(2-4-13)10-24-17-20-19-11-21(17)14-5-6-15-16(9-14)23-8-7-22-15/h1-6,9,11H,7-8,10H2. The van der Waals surface area contributed by atoms with Crippen LogP contribution in [0.5, 0.6) is 11.5 Å². The summed E-state index contributed by atoms with van der Waals surface area (Å²) in [6, 6.07) is 13.6. The molecule has 5 nitrogen and oxygen atoms in total. The molecule has 4 rings (SSSR count). The number of hydrogen-bond acceptors (Lipinski definition) is 5. The van der Waals surface area contributed by atoms with E-state index in [0.29, 0.717) is 13.2 Å². The highest BCUT2D eigenvalue weighted by atomic mass is 35.5. The van der Waals surface area contributed by atoms with Crippen LogP contribution in [0.2, 0.25) is 5.02 Å². The fourth-order valence-electron chi connectivity index (χ4n) is 2.41. The average Bonchev–Trinajstić information content (AvgIpc) is 3.09. The summed E-state index contributed by atoms with van der Waals surface area (Å²) in [7, 11) is 0. The molecule has 0 saturated carbocycles. The summed E-state index contributed by atoms with van der Waals surface area (Å²) < 4.78 is 13.1. The molecule has 7 heteroatoms. The van der Waals surface area contributed by atoms with Crippen molar-refractivity contribution in [1.29, 1.82) is 0 Å². The number of nitrogens with zero attached hydrogens (tertiary/aromatic N) is 3. The third-order valence-electron chi connectivity index (χ3n) is 3.60. The molecule has 0 atom stereocenters. The molecule has 0 bridgehead atoms. The zero-order valence-electron chi connectivity index (χ0n) is 12.7. The van der Waals surface area contributed by atoms with Crippen LogP contribution >= 0.6 is 23.4 Å². The summed E-state index contributed by atoms with van der Waals surface area (Å²) in [5, 5.41) is 9.81. The van der Waals surface area contributed by atoms with Crippen LogP contribution in [0.3, 0.4) is 0 Å². The van der Waals surface area contributed by atoms with Crippen molar-refractivity contribution in [3.05, 3.63) is 59.4 Å². The molecule has 2 aromatic carbocycles. The van der Waals surface area contributed by atoms with Gasteiger partial charge in [-0.25, -0.2) is 0 Å². The summed E-state index contributed by atoms with van der Waals surface area (Å²) in [5.41, 5.74) is 2.13. The molecule has 122 valence electrons. The molecule has 0 radical (unpaired) electrons. The number of thioether (sulfide) groups is 1. The van der Waals surface area contributed by atoms with Crippen LogP contribution in [0.25, 0.3) is 5.69 Å². The number of halogens is 1. The normalized spacial score (nSPS) is 13.0. The predicted octanol–water partition coefficient (Wildman–Crippen LogP) is 3.98. The number of ether oxygens (including phenoxy) is 2. The molecular formula is C17H14ClN3O2S. The van der Waals surface area contributed by atoms with Crippen LogP contribution in [-0.2, 0) is 5.75 Å². The fourth-order valence-corrected chi connectivity index (χ4v) is 3.42. The predicted molar refractivity (Wildman–Crippen MR) is 93.4 cm³/mol. The molecule has 0 aliphatic carbocycles. The van der Waals surface area contributed by atoms with Gasteiger partial charge in [0.15, 0.2) is 16.7 Å². The monoisotopic (exact) mass is 359 g/mol. The van der Waals surface area contributed by atoms with Gasteiger partial charge in [0.1, 0.15) is 19.5 Å². The van der Waals surface area contributed by atoms with Crippen molar-refractivity contribution in [2.75, 3.05) is 13.2 Å². The molecule has 1 aliphatic rings. The molecule has 3 aromatic rings. The zero-order valence-corrected chi connectivity index (χ0v) is 14.3. The van der Waals surface area contributed by atoms with E-state index >= 15 is 0 Å². The first kappa shape index (κ1) is 15.4. The Labute approximate surface area is 148 Å². The molecule has 24 heavy (non-hydrogen) atoms. The molecule has 1 aromatic heterocycles. The van der Waals surface area contributed by atoms with Crippen molar-refractivity contribution in [2.45, 2.75) is 10.9 Å². The Morgan fingerprint density at radius 1 is 1.04 bits per heavy atom. The van der Waals surface area contributed by atoms with Gasteiger partial charge in [-0.2, -0.15) is 0 Å². The van der Waals surface area contributed by atoms with E-state index in [-0.39, 0.29) is 0 Å². The minimum absolute atomic E-state index is 0.566. The lowest BCUT2D eigenvalue weighted by atomic mass is 10.2. The van der Waals surface area contributed by atoms with E-state index in [0.717, 1.165) is 33.1 Å². The largest absolute Gasteiger partial charge is 0.486 e. The van der Waals surface area contributed by atoms with E-state index in [4.69, 9.17) is 21.1 Å². The van der Waals surface area contributed by atoms with Crippen molar-refractivity contribution in [3.8, 4) is 17.2 Å².